The molecule has 0 unspecified atom stereocenters. The van der Waals surface area contributed by atoms with E-state index in [0.717, 1.165) is 45.9 Å². The lowest BCUT2D eigenvalue weighted by Crippen LogP contribution is -2.52. The van der Waals surface area contributed by atoms with Gasteiger partial charge in [-0.1, -0.05) is 0 Å². The molecule has 1 aromatic heterocycles. The summed E-state index contributed by atoms with van der Waals surface area (Å²) in [6.07, 6.45) is 7.29. The highest BCUT2D eigenvalue weighted by atomic mass is 16.5. The smallest absolute Gasteiger partial charge is 0.0870 e. The van der Waals surface area contributed by atoms with Crippen LogP contribution in [0.4, 0.5) is 0 Å². The Hall–Kier alpha value is -0.950. The fourth-order valence-electron chi connectivity index (χ4n) is 4.05. The quantitative estimate of drug-likeness (QED) is 0.810. The van der Waals surface area contributed by atoms with Crippen molar-refractivity contribution in [3.8, 4) is 0 Å². The third-order valence-corrected chi connectivity index (χ3v) is 5.12. The second-order valence-electron chi connectivity index (χ2n) is 6.82. The standard InChI is InChI=1S/C16H26N4O2/c1-18-8-13(7-17-18)9-19-11-15-16(12-19)22-6-4-20(15)10-14-3-2-5-21-14/h7-8,14-16H,2-6,9-12H2,1H3/t14-,15+,16-/m0/s1. The number of ether oxygens (including phenoxy) is 2. The Kier molecular flexibility index (Phi) is 4.17. The predicted molar refractivity (Wildman–Crippen MR) is 82.6 cm³/mol. The number of likely N-dealkylation sites (tertiary alicyclic amines) is 1. The summed E-state index contributed by atoms with van der Waals surface area (Å²) in [5.41, 5.74) is 1.28. The van der Waals surface area contributed by atoms with Crippen LogP contribution in [0.2, 0.25) is 0 Å². The number of morpholine rings is 1. The largest absolute Gasteiger partial charge is 0.377 e. The van der Waals surface area contributed by atoms with Crippen molar-refractivity contribution in [1.29, 1.82) is 0 Å². The van der Waals surface area contributed by atoms with Crippen molar-refractivity contribution in [3.63, 3.8) is 0 Å². The van der Waals surface area contributed by atoms with Crippen LogP contribution in [0.5, 0.6) is 0 Å². The minimum absolute atomic E-state index is 0.354. The molecule has 3 aliphatic heterocycles. The van der Waals surface area contributed by atoms with Crippen LogP contribution in [0.3, 0.4) is 0 Å². The van der Waals surface area contributed by atoms with Gasteiger partial charge in [0, 0.05) is 64.2 Å². The summed E-state index contributed by atoms with van der Waals surface area (Å²) in [4.78, 5) is 5.10. The highest BCUT2D eigenvalue weighted by molar-refractivity contribution is 5.05. The maximum atomic E-state index is 6.02. The minimum Gasteiger partial charge on any atom is -0.377 e. The molecule has 0 aliphatic carbocycles. The molecule has 3 fully saturated rings. The van der Waals surface area contributed by atoms with Gasteiger partial charge in [0.1, 0.15) is 0 Å². The van der Waals surface area contributed by atoms with E-state index >= 15 is 0 Å². The maximum absolute atomic E-state index is 6.02. The first-order valence-electron chi connectivity index (χ1n) is 8.45. The highest BCUT2D eigenvalue weighted by Gasteiger charge is 2.40. The summed E-state index contributed by atoms with van der Waals surface area (Å²) in [7, 11) is 1.97. The van der Waals surface area contributed by atoms with E-state index in [1.807, 2.05) is 17.9 Å². The maximum Gasteiger partial charge on any atom is 0.0870 e. The molecule has 4 rings (SSSR count). The van der Waals surface area contributed by atoms with Crippen molar-refractivity contribution in [3.05, 3.63) is 18.0 Å². The van der Waals surface area contributed by atoms with Crippen LogP contribution in [0.25, 0.3) is 0 Å². The van der Waals surface area contributed by atoms with Gasteiger partial charge in [0.2, 0.25) is 0 Å². The van der Waals surface area contributed by atoms with Gasteiger partial charge in [-0.3, -0.25) is 14.5 Å². The van der Waals surface area contributed by atoms with E-state index in [-0.39, 0.29) is 0 Å². The normalized spacial score (nSPS) is 33.4. The topological polar surface area (TPSA) is 42.8 Å². The molecule has 3 atom stereocenters. The number of nitrogens with zero attached hydrogens (tertiary/aromatic N) is 4. The third-order valence-electron chi connectivity index (χ3n) is 5.12. The zero-order valence-electron chi connectivity index (χ0n) is 13.4. The van der Waals surface area contributed by atoms with Gasteiger partial charge in [0.15, 0.2) is 0 Å². The molecule has 0 bridgehead atoms. The molecule has 3 aliphatic rings. The molecular formula is C16H26N4O2. The summed E-state index contributed by atoms with van der Waals surface area (Å²) in [6, 6.07) is 0.523. The molecule has 0 N–H and O–H groups in total. The van der Waals surface area contributed by atoms with E-state index in [1.165, 1.54) is 18.4 Å². The first-order valence-corrected chi connectivity index (χ1v) is 8.45. The van der Waals surface area contributed by atoms with Gasteiger partial charge in [-0.2, -0.15) is 5.10 Å². The predicted octanol–water partition coefficient (Wildman–Crippen LogP) is 0.484. The summed E-state index contributed by atoms with van der Waals surface area (Å²) in [5, 5.41) is 4.26. The lowest BCUT2D eigenvalue weighted by Gasteiger charge is -2.38. The molecule has 6 nitrogen and oxygen atoms in total. The Morgan fingerprint density at radius 1 is 1.27 bits per heavy atom. The molecule has 1 aromatic rings. The molecule has 22 heavy (non-hydrogen) atoms. The van der Waals surface area contributed by atoms with Gasteiger partial charge in [0.05, 0.1) is 25.0 Å². The Morgan fingerprint density at radius 2 is 2.23 bits per heavy atom. The number of rotatable bonds is 4. The van der Waals surface area contributed by atoms with E-state index < -0.39 is 0 Å². The Morgan fingerprint density at radius 3 is 3.00 bits per heavy atom. The van der Waals surface area contributed by atoms with Gasteiger partial charge in [-0.05, 0) is 12.8 Å². The fourth-order valence-corrected chi connectivity index (χ4v) is 4.05. The first-order chi connectivity index (χ1) is 10.8. The van der Waals surface area contributed by atoms with E-state index in [0.29, 0.717) is 18.2 Å². The average molecular weight is 306 g/mol. The molecular weight excluding hydrogens is 280 g/mol. The van der Waals surface area contributed by atoms with Crippen molar-refractivity contribution in [2.45, 2.75) is 37.6 Å². The Balaban J connectivity index is 1.37. The highest BCUT2D eigenvalue weighted by Crippen LogP contribution is 2.26. The lowest BCUT2D eigenvalue weighted by molar-refractivity contribution is -0.0615. The molecule has 0 aromatic carbocycles. The van der Waals surface area contributed by atoms with Crippen LogP contribution in [0.1, 0.15) is 18.4 Å². The van der Waals surface area contributed by atoms with Crippen LogP contribution in [-0.4, -0.2) is 77.2 Å². The van der Waals surface area contributed by atoms with Gasteiger partial charge in [-0.25, -0.2) is 0 Å². The molecule has 0 radical (unpaired) electrons. The molecule has 0 amide bonds. The monoisotopic (exact) mass is 306 g/mol. The summed E-state index contributed by atoms with van der Waals surface area (Å²) in [5.74, 6) is 0. The molecule has 0 spiro atoms. The van der Waals surface area contributed by atoms with Gasteiger partial charge < -0.3 is 9.47 Å². The van der Waals surface area contributed by atoms with Crippen LogP contribution < -0.4 is 0 Å². The zero-order valence-corrected chi connectivity index (χ0v) is 13.4. The summed E-state index contributed by atoms with van der Waals surface area (Å²) in [6.45, 7) is 7.00. The van der Waals surface area contributed by atoms with Crippen molar-refractivity contribution in [1.82, 2.24) is 19.6 Å². The van der Waals surface area contributed by atoms with Crippen molar-refractivity contribution < 1.29 is 9.47 Å². The number of hydrogen-bond acceptors (Lipinski definition) is 5. The second kappa shape index (κ2) is 6.28. The van der Waals surface area contributed by atoms with Crippen LogP contribution in [0.15, 0.2) is 12.4 Å². The molecule has 3 saturated heterocycles. The molecule has 0 saturated carbocycles. The van der Waals surface area contributed by atoms with Gasteiger partial charge >= 0.3 is 0 Å². The summed E-state index contributed by atoms with van der Waals surface area (Å²) < 4.78 is 13.7. The zero-order chi connectivity index (χ0) is 14.9. The fraction of sp³-hybridized carbons (Fsp3) is 0.812. The first kappa shape index (κ1) is 14.6. The number of fused-ring (bicyclic) bond motifs is 1. The lowest BCUT2D eigenvalue weighted by atomic mass is 10.1. The van der Waals surface area contributed by atoms with Crippen molar-refractivity contribution in [2.24, 2.45) is 7.05 Å². The van der Waals surface area contributed by atoms with E-state index in [9.17, 15) is 0 Å². The van der Waals surface area contributed by atoms with E-state index in [1.54, 1.807) is 0 Å². The number of hydrogen-bond donors (Lipinski definition) is 0. The van der Waals surface area contributed by atoms with Gasteiger partial charge in [-0.15, -0.1) is 0 Å². The Labute approximate surface area is 132 Å². The molecule has 6 heteroatoms. The van der Waals surface area contributed by atoms with Crippen molar-refractivity contribution in [2.75, 3.05) is 39.4 Å². The van der Waals surface area contributed by atoms with Gasteiger partial charge in [0.25, 0.3) is 0 Å². The van der Waals surface area contributed by atoms with E-state index in [4.69, 9.17) is 9.47 Å². The minimum atomic E-state index is 0.354. The van der Waals surface area contributed by atoms with Crippen molar-refractivity contribution >= 4 is 0 Å². The molecule has 4 heterocycles. The third kappa shape index (κ3) is 3.06. The Bertz CT molecular complexity index is 500. The summed E-state index contributed by atoms with van der Waals surface area (Å²) >= 11 is 0. The van der Waals surface area contributed by atoms with Crippen LogP contribution >= 0.6 is 0 Å². The average Bonchev–Trinajstić information content (AvgIpc) is 3.21. The second-order valence-corrected chi connectivity index (χ2v) is 6.82. The SMILES string of the molecule is Cn1cc(CN2C[C@@H]3OCCN(C[C@@H]4CCCO4)[C@@H]3C2)cn1. The van der Waals surface area contributed by atoms with Crippen LogP contribution in [0, 0.1) is 0 Å². The van der Waals surface area contributed by atoms with E-state index in [2.05, 4.69) is 21.1 Å². The number of aromatic nitrogens is 2. The molecule has 122 valence electrons. The van der Waals surface area contributed by atoms with Crippen LogP contribution in [-0.2, 0) is 23.1 Å². The number of aryl methyl sites for hydroxylation is 1.